The zero-order chi connectivity index (χ0) is 17.1. The quantitative estimate of drug-likeness (QED) is 0.786. The Bertz CT molecular complexity index is 708. The van der Waals surface area contributed by atoms with Crippen molar-refractivity contribution in [3.63, 3.8) is 0 Å². The van der Waals surface area contributed by atoms with Crippen molar-refractivity contribution in [2.24, 2.45) is 0 Å². The van der Waals surface area contributed by atoms with E-state index in [2.05, 4.69) is 66.3 Å². The Labute approximate surface area is 150 Å². The molecule has 1 aliphatic rings. The number of thiocarbonyl (C=S) groups is 1. The molecule has 1 aromatic carbocycles. The van der Waals surface area contributed by atoms with Gasteiger partial charge >= 0.3 is 0 Å². The van der Waals surface area contributed by atoms with Gasteiger partial charge in [0.15, 0.2) is 5.11 Å². The lowest BCUT2D eigenvalue weighted by Gasteiger charge is -2.27. The SMILES string of the molecule is Cc1cccc(C(C)C)c1NC(=S)N(Cc1ccncc1)C1CC1. The van der Waals surface area contributed by atoms with Gasteiger partial charge in [0.2, 0.25) is 0 Å². The van der Waals surface area contributed by atoms with Crippen LogP contribution in [0.5, 0.6) is 0 Å². The standard InChI is InChI=1S/C20H25N3S/c1-14(2)18-6-4-5-15(3)19(18)22-20(24)23(17-7-8-17)13-16-9-11-21-12-10-16/h4-6,9-12,14,17H,7-8,13H2,1-3H3,(H,22,24). The Hall–Kier alpha value is -1.94. The van der Waals surface area contributed by atoms with Crippen LogP contribution in [0.2, 0.25) is 0 Å². The summed E-state index contributed by atoms with van der Waals surface area (Å²) in [5.41, 5.74) is 4.97. The number of aryl methyl sites for hydroxylation is 1. The molecule has 3 nitrogen and oxygen atoms in total. The molecular formula is C20H25N3S. The van der Waals surface area contributed by atoms with Crippen LogP contribution >= 0.6 is 12.2 Å². The van der Waals surface area contributed by atoms with E-state index in [1.165, 1.54) is 29.5 Å². The summed E-state index contributed by atoms with van der Waals surface area (Å²) < 4.78 is 0. The van der Waals surface area contributed by atoms with Gasteiger partial charge in [-0.15, -0.1) is 0 Å². The summed E-state index contributed by atoms with van der Waals surface area (Å²) in [7, 11) is 0. The first-order valence-electron chi connectivity index (χ1n) is 8.62. The lowest BCUT2D eigenvalue weighted by Crippen LogP contribution is -2.36. The van der Waals surface area contributed by atoms with Crippen molar-refractivity contribution in [1.82, 2.24) is 9.88 Å². The number of rotatable bonds is 5. The topological polar surface area (TPSA) is 28.2 Å². The highest BCUT2D eigenvalue weighted by Gasteiger charge is 2.31. The third-order valence-corrected chi connectivity index (χ3v) is 4.85. The normalized spacial score (nSPS) is 13.8. The van der Waals surface area contributed by atoms with Crippen molar-refractivity contribution in [2.45, 2.75) is 52.1 Å². The zero-order valence-electron chi connectivity index (χ0n) is 14.6. The van der Waals surface area contributed by atoms with Crippen LogP contribution in [0, 0.1) is 6.92 Å². The van der Waals surface area contributed by atoms with Crippen molar-refractivity contribution in [3.05, 3.63) is 59.4 Å². The first-order valence-corrected chi connectivity index (χ1v) is 9.03. The maximum atomic E-state index is 5.78. The number of nitrogens with zero attached hydrogens (tertiary/aromatic N) is 2. The number of hydrogen-bond donors (Lipinski definition) is 1. The summed E-state index contributed by atoms with van der Waals surface area (Å²) in [6.45, 7) is 7.42. The molecule has 2 aromatic rings. The molecule has 0 amide bonds. The van der Waals surface area contributed by atoms with Crippen molar-refractivity contribution < 1.29 is 0 Å². The lowest BCUT2D eigenvalue weighted by molar-refractivity contribution is 0.409. The third kappa shape index (κ3) is 3.93. The fraction of sp³-hybridized carbons (Fsp3) is 0.400. The number of aromatic nitrogens is 1. The van der Waals surface area contributed by atoms with E-state index in [1.807, 2.05) is 12.4 Å². The molecule has 0 unspecified atom stereocenters. The molecule has 24 heavy (non-hydrogen) atoms. The summed E-state index contributed by atoms with van der Waals surface area (Å²) in [4.78, 5) is 6.42. The van der Waals surface area contributed by atoms with Gasteiger partial charge in [0.1, 0.15) is 0 Å². The second kappa shape index (κ2) is 7.31. The smallest absolute Gasteiger partial charge is 0.173 e. The Morgan fingerprint density at radius 1 is 1.25 bits per heavy atom. The molecular weight excluding hydrogens is 314 g/mol. The maximum Gasteiger partial charge on any atom is 0.173 e. The van der Waals surface area contributed by atoms with Crippen LogP contribution in [0.15, 0.2) is 42.7 Å². The van der Waals surface area contributed by atoms with Gasteiger partial charge < -0.3 is 10.2 Å². The van der Waals surface area contributed by atoms with Gasteiger partial charge in [-0.05, 0) is 66.7 Å². The minimum Gasteiger partial charge on any atom is -0.342 e. The molecule has 1 aromatic heterocycles. The van der Waals surface area contributed by atoms with Crippen LogP contribution < -0.4 is 5.32 Å². The van der Waals surface area contributed by atoms with Gasteiger partial charge in [0, 0.05) is 30.7 Å². The van der Waals surface area contributed by atoms with Crippen LogP contribution in [0.3, 0.4) is 0 Å². The summed E-state index contributed by atoms with van der Waals surface area (Å²) in [6.07, 6.45) is 6.12. The van der Waals surface area contributed by atoms with E-state index < -0.39 is 0 Å². The molecule has 0 spiro atoms. The van der Waals surface area contributed by atoms with E-state index in [0.717, 1.165) is 17.3 Å². The van der Waals surface area contributed by atoms with E-state index in [1.54, 1.807) is 0 Å². The van der Waals surface area contributed by atoms with Crippen LogP contribution in [-0.4, -0.2) is 21.0 Å². The van der Waals surface area contributed by atoms with Crippen molar-refractivity contribution in [3.8, 4) is 0 Å². The second-order valence-corrected chi connectivity index (χ2v) is 7.23. The fourth-order valence-electron chi connectivity index (χ4n) is 2.96. The van der Waals surface area contributed by atoms with E-state index >= 15 is 0 Å². The van der Waals surface area contributed by atoms with Gasteiger partial charge in [-0.1, -0.05) is 32.0 Å². The number of nitrogens with one attached hydrogen (secondary N) is 1. The van der Waals surface area contributed by atoms with E-state index in [0.29, 0.717) is 12.0 Å². The largest absolute Gasteiger partial charge is 0.342 e. The molecule has 1 fully saturated rings. The molecule has 1 N–H and O–H groups in total. The van der Waals surface area contributed by atoms with E-state index in [4.69, 9.17) is 12.2 Å². The molecule has 0 bridgehead atoms. The first kappa shape index (κ1) is 16.9. The monoisotopic (exact) mass is 339 g/mol. The Morgan fingerprint density at radius 2 is 1.96 bits per heavy atom. The van der Waals surface area contributed by atoms with Crippen LogP contribution in [0.4, 0.5) is 5.69 Å². The zero-order valence-corrected chi connectivity index (χ0v) is 15.4. The van der Waals surface area contributed by atoms with Gasteiger partial charge in [0.25, 0.3) is 0 Å². The molecule has 1 saturated carbocycles. The molecule has 0 atom stereocenters. The first-order chi connectivity index (χ1) is 11.6. The molecule has 3 rings (SSSR count). The molecule has 1 heterocycles. The van der Waals surface area contributed by atoms with Crippen LogP contribution in [0.25, 0.3) is 0 Å². The number of anilines is 1. The number of benzene rings is 1. The van der Waals surface area contributed by atoms with Crippen molar-refractivity contribution in [1.29, 1.82) is 0 Å². The van der Waals surface area contributed by atoms with Gasteiger partial charge in [-0.2, -0.15) is 0 Å². The molecule has 4 heteroatoms. The molecule has 0 radical (unpaired) electrons. The predicted octanol–water partition coefficient (Wildman–Crippen LogP) is 4.87. The lowest BCUT2D eigenvalue weighted by atomic mass is 9.98. The molecule has 1 aliphatic carbocycles. The maximum absolute atomic E-state index is 5.78. The van der Waals surface area contributed by atoms with Crippen LogP contribution in [0.1, 0.15) is 49.3 Å². The van der Waals surface area contributed by atoms with Crippen molar-refractivity contribution >= 4 is 23.0 Å². The number of hydrogen-bond acceptors (Lipinski definition) is 2. The van der Waals surface area contributed by atoms with Crippen LogP contribution in [-0.2, 0) is 6.54 Å². The van der Waals surface area contributed by atoms with E-state index in [9.17, 15) is 0 Å². The van der Waals surface area contributed by atoms with Gasteiger partial charge in [-0.25, -0.2) is 0 Å². The summed E-state index contributed by atoms with van der Waals surface area (Å²) in [5.74, 6) is 0.463. The minimum atomic E-state index is 0.463. The minimum absolute atomic E-state index is 0.463. The molecule has 0 aliphatic heterocycles. The fourth-order valence-corrected chi connectivity index (χ4v) is 3.27. The Balaban J connectivity index is 1.80. The van der Waals surface area contributed by atoms with Gasteiger partial charge in [-0.3, -0.25) is 4.98 Å². The Kier molecular flexibility index (Phi) is 5.14. The molecule has 126 valence electrons. The highest BCUT2D eigenvalue weighted by atomic mass is 32.1. The van der Waals surface area contributed by atoms with Gasteiger partial charge in [0.05, 0.1) is 0 Å². The Morgan fingerprint density at radius 3 is 2.58 bits per heavy atom. The number of para-hydroxylation sites is 1. The number of pyridine rings is 1. The average Bonchev–Trinajstić information content (AvgIpc) is 3.40. The predicted molar refractivity (Wildman–Crippen MR) is 104 cm³/mol. The summed E-state index contributed by atoms with van der Waals surface area (Å²) >= 11 is 5.78. The van der Waals surface area contributed by atoms with E-state index in [-0.39, 0.29) is 0 Å². The second-order valence-electron chi connectivity index (χ2n) is 6.84. The highest BCUT2D eigenvalue weighted by Crippen LogP contribution is 2.31. The molecule has 0 saturated heterocycles. The summed E-state index contributed by atoms with van der Waals surface area (Å²) in [6, 6.07) is 11.1. The highest BCUT2D eigenvalue weighted by molar-refractivity contribution is 7.80. The summed E-state index contributed by atoms with van der Waals surface area (Å²) in [5, 5.41) is 4.37. The van der Waals surface area contributed by atoms with Crippen molar-refractivity contribution in [2.75, 3.05) is 5.32 Å². The average molecular weight is 340 g/mol. The third-order valence-electron chi connectivity index (χ3n) is 4.51.